The fraction of sp³-hybridized carbons (Fsp3) is 0.190. The number of aromatic nitrogens is 4. The minimum absolute atomic E-state index is 0.640. The number of benzene rings is 1. The van der Waals surface area contributed by atoms with Crippen LogP contribution in [0.25, 0.3) is 11.0 Å². The zero-order valence-corrected chi connectivity index (χ0v) is 15.3. The van der Waals surface area contributed by atoms with E-state index in [1.165, 1.54) is 11.1 Å². The van der Waals surface area contributed by atoms with Crippen LogP contribution in [0.4, 0.5) is 0 Å². The Morgan fingerprint density at radius 2 is 1.69 bits per heavy atom. The van der Waals surface area contributed by atoms with E-state index in [1.54, 1.807) is 6.20 Å². The topological polar surface area (TPSA) is 54.5 Å². The summed E-state index contributed by atoms with van der Waals surface area (Å²) in [6.07, 6.45) is 9.99. The number of hydrogen-bond acceptors (Lipinski definition) is 3. The molecule has 5 heteroatoms. The van der Waals surface area contributed by atoms with Crippen molar-refractivity contribution in [2.45, 2.75) is 26.2 Å². The first-order valence-electron chi connectivity index (χ1n) is 8.64. The molecule has 4 nitrogen and oxygen atoms in total. The van der Waals surface area contributed by atoms with Crippen molar-refractivity contribution in [3.05, 3.63) is 88.2 Å². The number of pyridine rings is 1. The lowest BCUT2D eigenvalue weighted by Crippen LogP contribution is -2.00. The molecule has 0 aliphatic heterocycles. The predicted molar refractivity (Wildman–Crippen MR) is 105 cm³/mol. The first-order chi connectivity index (χ1) is 12.7. The van der Waals surface area contributed by atoms with Crippen molar-refractivity contribution < 1.29 is 0 Å². The summed E-state index contributed by atoms with van der Waals surface area (Å²) in [5.74, 6) is 0.873. The van der Waals surface area contributed by atoms with Crippen LogP contribution in [0.15, 0.2) is 55.1 Å². The molecule has 3 heterocycles. The lowest BCUT2D eigenvalue weighted by atomic mass is 10.1. The van der Waals surface area contributed by atoms with Gasteiger partial charge in [0.15, 0.2) is 0 Å². The number of aromatic amines is 1. The van der Waals surface area contributed by atoms with Gasteiger partial charge in [0, 0.05) is 43.0 Å². The second-order valence-corrected chi connectivity index (χ2v) is 6.97. The summed E-state index contributed by atoms with van der Waals surface area (Å²) in [4.78, 5) is 16.5. The lowest BCUT2D eigenvalue weighted by molar-refractivity contribution is 0.848. The molecule has 4 rings (SSSR count). The number of aryl methyl sites for hydroxylation is 3. The average Bonchev–Trinajstić information content (AvgIpc) is 3.04. The van der Waals surface area contributed by atoms with Crippen LogP contribution >= 0.6 is 11.6 Å². The van der Waals surface area contributed by atoms with E-state index in [0.29, 0.717) is 5.02 Å². The van der Waals surface area contributed by atoms with E-state index in [0.717, 1.165) is 47.2 Å². The highest BCUT2D eigenvalue weighted by molar-refractivity contribution is 6.31. The van der Waals surface area contributed by atoms with Gasteiger partial charge in [0.05, 0.1) is 5.02 Å². The molecule has 0 saturated heterocycles. The van der Waals surface area contributed by atoms with Gasteiger partial charge in [-0.25, -0.2) is 15.0 Å². The maximum Gasteiger partial charge on any atom is 0.137 e. The van der Waals surface area contributed by atoms with Gasteiger partial charge in [0.2, 0.25) is 0 Å². The molecular weight excluding hydrogens is 344 g/mol. The van der Waals surface area contributed by atoms with Crippen LogP contribution in [0, 0.1) is 6.92 Å². The Bertz CT molecular complexity index is 1020. The van der Waals surface area contributed by atoms with E-state index in [4.69, 9.17) is 11.6 Å². The van der Waals surface area contributed by atoms with Crippen LogP contribution < -0.4 is 0 Å². The van der Waals surface area contributed by atoms with Crippen molar-refractivity contribution in [2.24, 2.45) is 0 Å². The van der Waals surface area contributed by atoms with E-state index in [1.807, 2.05) is 24.7 Å². The van der Waals surface area contributed by atoms with Gasteiger partial charge in [-0.1, -0.05) is 41.4 Å². The van der Waals surface area contributed by atoms with Gasteiger partial charge in [0.1, 0.15) is 11.5 Å². The van der Waals surface area contributed by atoms with E-state index in [2.05, 4.69) is 51.1 Å². The summed E-state index contributed by atoms with van der Waals surface area (Å²) in [5.41, 5.74) is 5.66. The summed E-state index contributed by atoms with van der Waals surface area (Å²) in [7, 11) is 0. The Kier molecular flexibility index (Phi) is 4.67. The molecule has 0 fully saturated rings. The maximum atomic E-state index is 6.06. The zero-order chi connectivity index (χ0) is 17.9. The number of hydrogen-bond donors (Lipinski definition) is 1. The number of halogens is 1. The number of fused-ring (bicyclic) bond motifs is 1. The SMILES string of the molecule is Cc1ccc(CCc2ncc(Cc3c[nH]c4ncc(Cl)cc34)cn2)cc1. The van der Waals surface area contributed by atoms with Crippen molar-refractivity contribution in [1.29, 1.82) is 0 Å². The Morgan fingerprint density at radius 1 is 0.923 bits per heavy atom. The van der Waals surface area contributed by atoms with Crippen molar-refractivity contribution >= 4 is 22.6 Å². The smallest absolute Gasteiger partial charge is 0.137 e. The third kappa shape index (κ3) is 3.75. The molecular formula is C21H19ClN4. The largest absolute Gasteiger partial charge is 0.346 e. The molecule has 0 amide bonds. The van der Waals surface area contributed by atoms with Gasteiger partial charge >= 0.3 is 0 Å². The highest BCUT2D eigenvalue weighted by Gasteiger charge is 2.07. The standard InChI is InChI=1S/C21H19ClN4/c1-14-2-4-15(5-3-14)6-7-20-23-10-16(11-24-20)8-17-12-25-21-19(17)9-18(22)13-26-21/h2-5,9-13H,6-8H2,1H3,(H,25,26). The van der Waals surface area contributed by atoms with Gasteiger partial charge in [-0.3, -0.25) is 0 Å². The molecule has 0 unspecified atom stereocenters. The molecule has 0 atom stereocenters. The fourth-order valence-electron chi connectivity index (χ4n) is 3.01. The Labute approximate surface area is 157 Å². The Morgan fingerprint density at radius 3 is 2.46 bits per heavy atom. The molecule has 0 saturated carbocycles. The molecule has 0 aliphatic carbocycles. The summed E-state index contributed by atoms with van der Waals surface area (Å²) < 4.78 is 0. The molecule has 1 aromatic carbocycles. The van der Waals surface area contributed by atoms with Crippen molar-refractivity contribution in [1.82, 2.24) is 19.9 Å². The zero-order valence-electron chi connectivity index (χ0n) is 14.5. The van der Waals surface area contributed by atoms with Crippen LogP contribution in [-0.2, 0) is 19.3 Å². The minimum atomic E-state index is 0.640. The van der Waals surface area contributed by atoms with Crippen molar-refractivity contribution in [3.8, 4) is 0 Å². The van der Waals surface area contributed by atoms with Gasteiger partial charge in [-0.15, -0.1) is 0 Å². The number of H-pyrrole nitrogens is 1. The average molecular weight is 363 g/mol. The molecule has 0 spiro atoms. The summed E-state index contributed by atoms with van der Waals surface area (Å²) in [6.45, 7) is 2.10. The van der Waals surface area contributed by atoms with Crippen LogP contribution in [0.1, 0.15) is 28.1 Å². The second-order valence-electron chi connectivity index (χ2n) is 6.53. The highest BCUT2D eigenvalue weighted by Crippen LogP contribution is 2.22. The van der Waals surface area contributed by atoms with E-state index < -0.39 is 0 Å². The second kappa shape index (κ2) is 7.26. The number of nitrogens with one attached hydrogen (secondary N) is 1. The molecule has 3 aromatic heterocycles. The molecule has 0 aliphatic rings. The molecule has 26 heavy (non-hydrogen) atoms. The molecule has 130 valence electrons. The van der Waals surface area contributed by atoms with Crippen molar-refractivity contribution in [2.75, 3.05) is 0 Å². The van der Waals surface area contributed by atoms with E-state index in [9.17, 15) is 0 Å². The third-order valence-corrected chi connectivity index (χ3v) is 4.70. The van der Waals surface area contributed by atoms with E-state index in [-0.39, 0.29) is 0 Å². The van der Waals surface area contributed by atoms with Crippen LogP contribution in [0.2, 0.25) is 5.02 Å². The lowest BCUT2D eigenvalue weighted by Gasteiger charge is -2.04. The molecule has 4 aromatic rings. The maximum absolute atomic E-state index is 6.06. The van der Waals surface area contributed by atoms with Crippen LogP contribution in [-0.4, -0.2) is 19.9 Å². The molecule has 1 N–H and O–H groups in total. The van der Waals surface area contributed by atoms with Crippen molar-refractivity contribution in [3.63, 3.8) is 0 Å². The predicted octanol–water partition coefficient (Wildman–Crippen LogP) is 4.69. The summed E-state index contributed by atoms with van der Waals surface area (Å²) >= 11 is 6.06. The summed E-state index contributed by atoms with van der Waals surface area (Å²) in [5, 5.41) is 1.68. The van der Waals surface area contributed by atoms with Crippen LogP contribution in [0.3, 0.4) is 0 Å². The Balaban J connectivity index is 1.43. The third-order valence-electron chi connectivity index (χ3n) is 4.49. The fourth-order valence-corrected chi connectivity index (χ4v) is 3.17. The van der Waals surface area contributed by atoms with Gasteiger partial charge in [-0.2, -0.15) is 0 Å². The summed E-state index contributed by atoms with van der Waals surface area (Å²) in [6, 6.07) is 10.6. The van der Waals surface area contributed by atoms with E-state index >= 15 is 0 Å². The first-order valence-corrected chi connectivity index (χ1v) is 9.02. The normalized spacial score (nSPS) is 11.2. The van der Waals surface area contributed by atoms with Gasteiger partial charge in [-0.05, 0) is 36.1 Å². The minimum Gasteiger partial charge on any atom is -0.346 e. The van der Waals surface area contributed by atoms with Crippen LogP contribution in [0.5, 0.6) is 0 Å². The number of nitrogens with zero attached hydrogens (tertiary/aromatic N) is 3. The number of rotatable bonds is 5. The monoisotopic (exact) mass is 362 g/mol. The van der Waals surface area contributed by atoms with Gasteiger partial charge in [0.25, 0.3) is 0 Å². The Hall–Kier alpha value is -2.72. The van der Waals surface area contributed by atoms with Gasteiger partial charge < -0.3 is 4.98 Å². The molecule has 0 radical (unpaired) electrons. The quantitative estimate of drug-likeness (QED) is 0.560. The highest BCUT2D eigenvalue weighted by atomic mass is 35.5. The molecule has 0 bridgehead atoms. The first kappa shape index (κ1) is 16.7.